The molecule has 3 heterocycles. The molecule has 0 saturated carbocycles. The third kappa shape index (κ3) is 5.56. The molecule has 0 saturated heterocycles. The molecule has 2 aliphatic heterocycles. The molecule has 0 N–H and O–H groups in total. The highest BCUT2D eigenvalue weighted by molar-refractivity contribution is 7.25. The van der Waals surface area contributed by atoms with Gasteiger partial charge in [0, 0.05) is 54.3 Å². The van der Waals surface area contributed by atoms with Crippen LogP contribution in [0, 0.1) is 6.92 Å². The van der Waals surface area contributed by atoms with Crippen molar-refractivity contribution in [2.75, 3.05) is 9.80 Å². The van der Waals surface area contributed by atoms with Crippen molar-refractivity contribution in [2.45, 2.75) is 155 Å². The summed E-state index contributed by atoms with van der Waals surface area (Å²) in [6, 6.07) is 39.6. The van der Waals surface area contributed by atoms with E-state index in [9.17, 15) is 0 Å². The van der Waals surface area contributed by atoms with E-state index in [1.807, 2.05) is 11.3 Å². The molecule has 0 radical (unpaired) electrons. The van der Waals surface area contributed by atoms with Crippen molar-refractivity contribution in [3.63, 3.8) is 0 Å². The molecule has 0 spiro atoms. The number of anilines is 6. The van der Waals surface area contributed by atoms with E-state index in [-0.39, 0.29) is 39.2 Å². The second-order valence-electron chi connectivity index (χ2n) is 24.7. The number of hydrogen-bond donors (Lipinski definition) is 0. The molecule has 64 heavy (non-hydrogen) atoms. The van der Waals surface area contributed by atoms with Crippen LogP contribution >= 0.6 is 11.3 Å². The third-order valence-electron chi connectivity index (χ3n) is 17.4. The lowest BCUT2D eigenvalue weighted by Gasteiger charge is -2.48. The first-order valence-corrected chi connectivity index (χ1v) is 25.1. The minimum absolute atomic E-state index is 0.0653. The van der Waals surface area contributed by atoms with E-state index in [4.69, 9.17) is 0 Å². The second-order valence-corrected chi connectivity index (χ2v) is 25.8. The summed E-state index contributed by atoms with van der Waals surface area (Å²) >= 11 is 1.91. The molecule has 3 aliphatic carbocycles. The summed E-state index contributed by atoms with van der Waals surface area (Å²) in [5.41, 5.74) is 23.1. The van der Waals surface area contributed by atoms with Gasteiger partial charge in [0.15, 0.2) is 0 Å². The number of benzene rings is 6. The van der Waals surface area contributed by atoms with Gasteiger partial charge in [-0.05, 0) is 188 Å². The molecule has 4 heteroatoms. The summed E-state index contributed by atoms with van der Waals surface area (Å²) in [4.78, 5) is 5.39. The molecule has 6 aromatic carbocycles. The molecule has 0 fully saturated rings. The first-order chi connectivity index (χ1) is 30.1. The second kappa shape index (κ2) is 12.8. The van der Waals surface area contributed by atoms with E-state index in [0.717, 1.165) is 6.42 Å². The van der Waals surface area contributed by atoms with Gasteiger partial charge in [0.05, 0.1) is 0 Å². The quantitative estimate of drug-likeness (QED) is 0.160. The van der Waals surface area contributed by atoms with Crippen LogP contribution in [0.4, 0.5) is 34.1 Å². The van der Waals surface area contributed by atoms with Crippen LogP contribution in [0.1, 0.15) is 154 Å². The zero-order valence-corrected chi connectivity index (χ0v) is 41.5. The first-order valence-electron chi connectivity index (χ1n) is 24.3. The summed E-state index contributed by atoms with van der Waals surface area (Å²) in [6.07, 6.45) is 5.93. The Kier molecular flexibility index (Phi) is 8.11. The Morgan fingerprint density at radius 2 is 0.875 bits per heavy atom. The fraction of sp³-hybridized carbons (Fsp3) is 0.400. The maximum atomic E-state index is 2.72. The average Bonchev–Trinajstić information content (AvgIpc) is 3.69. The van der Waals surface area contributed by atoms with Crippen LogP contribution in [0.2, 0.25) is 0 Å². The Bertz CT molecular complexity index is 3190. The highest BCUT2D eigenvalue weighted by Crippen LogP contribution is 2.55. The molecule has 2 nitrogen and oxygen atoms in total. The van der Waals surface area contributed by atoms with E-state index in [2.05, 4.69) is 197 Å². The van der Waals surface area contributed by atoms with E-state index in [0.29, 0.717) is 0 Å². The van der Waals surface area contributed by atoms with E-state index in [1.165, 1.54) is 135 Å². The van der Waals surface area contributed by atoms with Crippen LogP contribution in [0.15, 0.2) is 97.1 Å². The van der Waals surface area contributed by atoms with Crippen molar-refractivity contribution in [1.29, 1.82) is 0 Å². The minimum atomic E-state index is 0.0653. The molecule has 0 bridgehead atoms. The average molecular weight is 857 g/mol. The molecular formula is C60H65BN2S. The van der Waals surface area contributed by atoms with Gasteiger partial charge < -0.3 is 9.80 Å². The van der Waals surface area contributed by atoms with Crippen molar-refractivity contribution >= 4 is 88.7 Å². The fourth-order valence-corrected chi connectivity index (χ4v) is 14.9. The van der Waals surface area contributed by atoms with Gasteiger partial charge in [0.1, 0.15) is 0 Å². The van der Waals surface area contributed by atoms with Crippen LogP contribution in [0.5, 0.6) is 0 Å². The Morgan fingerprint density at radius 3 is 1.47 bits per heavy atom. The van der Waals surface area contributed by atoms with Crippen molar-refractivity contribution in [3.05, 3.63) is 136 Å². The topological polar surface area (TPSA) is 6.48 Å². The number of aryl methyl sites for hydroxylation is 1. The molecule has 324 valence electrons. The Labute approximate surface area is 387 Å². The van der Waals surface area contributed by atoms with Crippen LogP contribution < -0.4 is 26.2 Å². The van der Waals surface area contributed by atoms with Gasteiger partial charge in [-0.25, -0.2) is 0 Å². The van der Waals surface area contributed by atoms with Gasteiger partial charge in [-0.3, -0.25) is 0 Å². The monoisotopic (exact) mass is 856 g/mol. The van der Waals surface area contributed by atoms with E-state index >= 15 is 0 Å². The summed E-state index contributed by atoms with van der Waals surface area (Å²) in [7, 11) is 0. The van der Waals surface area contributed by atoms with E-state index in [1.54, 1.807) is 0 Å². The maximum absolute atomic E-state index is 2.72. The Balaban J connectivity index is 1.21. The number of hydrogen-bond acceptors (Lipinski definition) is 3. The number of nitrogens with zero attached hydrogens (tertiary/aromatic N) is 2. The molecule has 1 aromatic heterocycles. The van der Waals surface area contributed by atoms with E-state index < -0.39 is 0 Å². The normalized spacial score (nSPS) is 20.9. The SMILES string of the molecule is Cc1cc2c3c(c1)N(c1ccc4sc5ccccc5c4c1)c1cc4c(cc1B3c1cc3c(cc1N2c1ccc2c(c1)C(C)(C)CCC2(C)C)C(C)(C)CCC3(C)C)C(C)(C)CC4(C)C. The summed E-state index contributed by atoms with van der Waals surface area (Å²) in [5.74, 6) is 0. The molecule has 0 amide bonds. The molecule has 12 rings (SSSR count). The van der Waals surface area contributed by atoms with Gasteiger partial charge in [0.2, 0.25) is 0 Å². The highest BCUT2D eigenvalue weighted by atomic mass is 32.1. The summed E-state index contributed by atoms with van der Waals surface area (Å²) < 4.78 is 2.69. The lowest BCUT2D eigenvalue weighted by molar-refractivity contribution is 0.332. The van der Waals surface area contributed by atoms with Gasteiger partial charge in [-0.15, -0.1) is 11.3 Å². The smallest absolute Gasteiger partial charge is 0.252 e. The van der Waals surface area contributed by atoms with Crippen molar-refractivity contribution in [1.82, 2.24) is 0 Å². The fourth-order valence-electron chi connectivity index (χ4n) is 13.8. The molecule has 5 aliphatic rings. The predicted octanol–water partition coefficient (Wildman–Crippen LogP) is 15.1. The van der Waals surface area contributed by atoms with Crippen LogP contribution in [0.25, 0.3) is 20.2 Å². The Morgan fingerprint density at radius 1 is 0.422 bits per heavy atom. The zero-order valence-electron chi connectivity index (χ0n) is 40.7. The van der Waals surface area contributed by atoms with Gasteiger partial charge in [-0.2, -0.15) is 0 Å². The van der Waals surface area contributed by atoms with Crippen LogP contribution in [-0.2, 0) is 32.5 Å². The predicted molar refractivity (Wildman–Crippen MR) is 279 cm³/mol. The summed E-state index contributed by atoms with van der Waals surface area (Å²) in [5, 5.41) is 2.69. The third-order valence-corrected chi connectivity index (χ3v) is 18.5. The standard InChI is InChI=1S/C60H65BN2S/c1-35-26-50-54-51(27-35)63(37-18-20-40-41(29-37)56(4,5)23-22-55(40,2)3)48-32-44-42(57(6,7)24-25-58(44,8)9)30-46(48)61(54)47-31-43-45(60(12,13)34-59(43,10)11)33-49(47)62(50)36-19-21-53-39(28-36)38-16-14-15-17-52(38)64-53/h14-21,26-33H,22-25,34H2,1-13H3. The first kappa shape index (κ1) is 40.7. The largest absolute Gasteiger partial charge is 0.311 e. The van der Waals surface area contributed by atoms with Gasteiger partial charge in [0.25, 0.3) is 6.71 Å². The van der Waals surface area contributed by atoms with Crippen molar-refractivity contribution in [2.24, 2.45) is 0 Å². The molecule has 0 unspecified atom stereocenters. The minimum Gasteiger partial charge on any atom is -0.311 e. The molecule has 0 atom stereocenters. The number of fused-ring (bicyclic) bond motifs is 10. The summed E-state index contributed by atoms with van der Waals surface area (Å²) in [6.45, 7) is 32.2. The lowest BCUT2D eigenvalue weighted by Crippen LogP contribution is -2.62. The van der Waals surface area contributed by atoms with Crippen molar-refractivity contribution < 1.29 is 0 Å². The maximum Gasteiger partial charge on any atom is 0.252 e. The number of rotatable bonds is 2. The molecular weight excluding hydrogens is 792 g/mol. The zero-order chi connectivity index (χ0) is 44.8. The van der Waals surface area contributed by atoms with Crippen LogP contribution in [-0.4, -0.2) is 6.71 Å². The Hall–Kier alpha value is -4.80. The lowest BCUT2D eigenvalue weighted by atomic mass is 9.33. The highest BCUT2D eigenvalue weighted by Gasteiger charge is 2.50. The molecule has 7 aromatic rings. The van der Waals surface area contributed by atoms with Crippen LogP contribution in [0.3, 0.4) is 0 Å². The van der Waals surface area contributed by atoms with Crippen molar-refractivity contribution in [3.8, 4) is 0 Å². The van der Waals surface area contributed by atoms with Gasteiger partial charge in [-0.1, -0.05) is 119 Å². The number of thiophene rings is 1. The van der Waals surface area contributed by atoms with Gasteiger partial charge >= 0.3 is 0 Å².